The lowest BCUT2D eigenvalue weighted by molar-refractivity contribution is -0.148. The monoisotopic (exact) mass is 539 g/mol. The highest BCUT2D eigenvalue weighted by Gasteiger charge is 2.78. The number of aliphatic hydroxyl groups is 1. The fraction of sp³-hybridized carbons (Fsp3) is 0.567. The number of thioether (sulfide) groups is 1. The first kappa shape index (κ1) is 28.4. The van der Waals surface area contributed by atoms with Crippen molar-refractivity contribution in [2.75, 3.05) is 26.7 Å². The molecule has 0 aromatic heterocycles. The van der Waals surface area contributed by atoms with Crippen molar-refractivity contribution in [2.24, 2.45) is 17.8 Å². The van der Waals surface area contributed by atoms with Gasteiger partial charge in [0.15, 0.2) is 0 Å². The van der Waals surface area contributed by atoms with Crippen molar-refractivity contribution in [3.8, 4) is 0 Å². The van der Waals surface area contributed by atoms with Crippen molar-refractivity contribution < 1.29 is 19.5 Å². The van der Waals surface area contributed by atoms with Gasteiger partial charge in [0, 0.05) is 31.4 Å². The van der Waals surface area contributed by atoms with Gasteiger partial charge >= 0.3 is 0 Å². The summed E-state index contributed by atoms with van der Waals surface area (Å²) in [7, 11) is 1.74. The number of hydrogen-bond acceptors (Lipinski definition) is 5. The van der Waals surface area contributed by atoms with E-state index in [1.54, 1.807) is 45.7 Å². The molecule has 3 aliphatic rings. The molecule has 1 spiro atoms. The maximum Gasteiger partial charge on any atom is 0.247 e. The van der Waals surface area contributed by atoms with Crippen molar-refractivity contribution in [3.63, 3.8) is 0 Å². The molecule has 3 amide bonds. The molecule has 1 N–H and O–H groups in total. The number of likely N-dealkylation sites (N-methyl/N-ethyl adjacent to an activating group) is 1. The van der Waals surface area contributed by atoms with E-state index >= 15 is 0 Å². The van der Waals surface area contributed by atoms with Crippen molar-refractivity contribution in [3.05, 3.63) is 61.2 Å². The van der Waals surface area contributed by atoms with Gasteiger partial charge in [-0.3, -0.25) is 14.4 Å². The zero-order chi connectivity index (χ0) is 27.8. The third-order valence-electron chi connectivity index (χ3n) is 8.68. The van der Waals surface area contributed by atoms with Gasteiger partial charge < -0.3 is 19.8 Å². The number of amides is 3. The Morgan fingerprint density at radius 2 is 1.82 bits per heavy atom. The molecule has 4 rings (SSSR count). The fourth-order valence-electron chi connectivity index (χ4n) is 6.88. The molecule has 0 aliphatic carbocycles. The highest BCUT2D eigenvalue weighted by atomic mass is 32.2. The lowest BCUT2D eigenvalue weighted by atomic mass is 9.66. The molecular formula is C30H41N3O4S. The molecule has 206 valence electrons. The molecule has 0 saturated carbocycles. The first-order chi connectivity index (χ1) is 18.1. The van der Waals surface area contributed by atoms with E-state index in [-0.39, 0.29) is 30.2 Å². The van der Waals surface area contributed by atoms with Crippen LogP contribution >= 0.6 is 11.8 Å². The number of nitrogens with zero attached hydrogens (tertiary/aromatic N) is 3. The van der Waals surface area contributed by atoms with E-state index in [4.69, 9.17) is 0 Å². The number of rotatable bonds is 11. The van der Waals surface area contributed by atoms with Crippen LogP contribution in [-0.4, -0.2) is 85.8 Å². The second-order valence-corrected chi connectivity index (χ2v) is 13.4. The quantitative estimate of drug-likeness (QED) is 0.437. The van der Waals surface area contributed by atoms with Gasteiger partial charge in [0.05, 0.1) is 29.2 Å². The number of likely N-dealkylation sites (tertiary alicyclic amines) is 1. The van der Waals surface area contributed by atoms with Crippen LogP contribution in [0.2, 0.25) is 0 Å². The summed E-state index contributed by atoms with van der Waals surface area (Å²) in [5.74, 6) is -1.62. The molecule has 1 aromatic rings. The van der Waals surface area contributed by atoms with E-state index in [0.717, 1.165) is 12.0 Å². The Hall–Kier alpha value is -2.58. The normalized spacial score (nSPS) is 30.3. The van der Waals surface area contributed by atoms with Gasteiger partial charge in [0.1, 0.15) is 6.04 Å². The summed E-state index contributed by atoms with van der Waals surface area (Å²) in [6.45, 7) is 14.5. The maximum absolute atomic E-state index is 14.6. The van der Waals surface area contributed by atoms with Crippen LogP contribution < -0.4 is 0 Å². The summed E-state index contributed by atoms with van der Waals surface area (Å²) in [5.41, 5.74) is 0.990. The van der Waals surface area contributed by atoms with Crippen LogP contribution in [-0.2, 0) is 20.9 Å². The minimum absolute atomic E-state index is 0.0631. The van der Waals surface area contributed by atoms with Crippen LogP contribution in [0.3, 0.4) is 0 Å². The average Bonchev–Trinajstić information content (AvgIpc) is 3.45. The predicted octanol–water partition coefficient (Wildman–Crippen LogP) is 3.34. The molecule has 3 fully saturated rings. The predicted molar refractivity (Wildman–Crippen MR) is 151 cm³/mol. The Bertz CT molecular complexity index is 1090. The second kappa shape index (κ2) is 10.9. The third-order valence-corrected chi connectivity index (χ3v) is 10.7. The van der Waals surface area contributed by atoms with Crippen molar-refractivity contribution in [1.82, 2.24) is 14.7 Å². The third kappa shape index (κ3) is 4.49. The standard InChI is InChI=1S/C30H41N3O4S/c1-7-16-31(6)26(35)23-24-27(36)33(22(19-34)20(3)4)25(30(24)15-14-29(23,5)38-30)28(37)32(17-8-2)18-21-12-10-9-11-13-21/h7-13,20,22-25,34H,1-2,14-19H2,3-6H3/t22-,23+,24-,25?,29-,30?/m0/s1. The zero-order valence-corrected chi connectivity index (χ0v) is 23.8. The molecule has 6 atom stereocenters. The van der Waals surface area contributed by atoms with Gasteiger partial charge in [-0.1, -0.05) is 56.3 Å². The minimum atomic E-state index is -0.766. The van der Waals surface area contributed by atoms with E-state index in [1.807, 2.05) is 44.2 Å². The Labute approximate surface area is 230 Å². The van der Waals surface area contributed by atoms with E-state index in [9.17, 15) is 19.5 Å². The molecule has 2 unspecified atom stereocenters. The lowest BCUT2D eigenvalue weighted by Gasteiger charge is -2.40. The summed E-state index contributed by atoms with van der Waals surface area (Å²) in [6.07, 6.45) is 4.82. The molecule has 3 saturated heterocycles. The molecule has 1 aromatic carbocycles. The van der Waals surface area contributed by atoms with Crippen LogP contribution in [0, 0.1) is 17.8 Å². The first-order valence-electron chi connectivity index (χ1n) is 13.5. The lowest BCUT2D eigenvalue weighted by Crippen LogP contribution is -2.58. The van der Waals surface area contributed by atoms with Crippen molar-refractivity contribution in [2.45, 2.75) is 61.7 Å². The van der Waals surface area contributed by atoms with Crippen molar-refractivity contribution in [1.29, 1.82) is 0 Å². The summed E-state index contributed by atoms with van der Waals surface area (Å²) in [4.78, 5) is 47.8. The van der Waals surface area contributed by atoms with Gasteiger partial charge in [-0.15, -0.1) is 24.9 Å². The summed E-state index contributed by atoms with van der Waals surface area (Å²) in [6, 6.07) is 8.50. The van der Waals surface area contributed by atoms with Crippen LogP contribution in [0.1, 0.15) is 39.2 Å². The van der Waals surface area contributed by atoms with Crippen molar-refractivity contribution >= 4 is 29.5 Å². The SMILES string of the molecule is C=CCN(C)C(=O)[C@H]1[C@H]2C(=O)N([C@@H](CO)C(C)C)C(C(=O)N(CC=C)Cc3ccccc3)C23CC[C@]1(C)S3. The van der Waals surface area contributed by atoms with Crippen LogP contribution in [0.25, 0.3) is 0 Å². The van der Waals surface area contributed by atoms with Crippen LogP contribution in [0.5, 0.6) is 0 Å². The molecular weight excluding hydrogens is 498 g/mol. The van der Waals surface area contributed by atoms with Gasteiger partial charge in [-0.05, 0) is 31.2 Å². The van der Waals surface area contributed by atoms with E-state index in [1.165, 1.54) is 0 Å². The second-order valence-electron chi connectivity index (χ2n) is 11.5. The molecule has 3 aliphatic heterocycles. The summed E-state index contributed by atoms with van der Waals surface area (Å²) in [5, 5.41) is 10.4. The molecule has 7 nitrogen and oxygen atoms in total. The highest BCUT2D eigenvalue weighted by Crippen LogP contribution is 2.72. The zero-order valence-electron chi connectivity index (χ0n) is 23.0. The van der Waals surface area contributed by atoms with E-state index in [2.05, 4.69) is 20.1 Å². The van der Waals surface area contributed by atoms with Crippen LogP contribution in [0.4, 0.5) is 0 Å². The number of carbonyl (C=O) groups excluding carboxylic acids is 3. The van der Waals surface area contributed by atoms with Gasteiger partial charge in [0.2, 0.25) is 17.7 Å². The number of aliphatic hydroxyl groups excluding tert-OH is 1. The average molecular weight is 540 g/mol. The fourth-order valence-corrected chi connectivity index (χ4v) is 9.21. The Morgan fingerprint density at radius 1 is 1.16 bits per heavy atom. The molecule has 0 radical (unpaired) electrons. The smallest absolute Gasteiger partial charge is 0.247 e. The van der Waals surface area contributed by atoms with E-state index < -0.39 is 33.4 Å². The molecule has 8 heteroatoms. The Kier molecular flexibility index (Phi) is 8.15. The number of carbonyl (C=O) groups is 3. The minimum Gasteiger partial charge on any atom is -0.394 e. The number of fused-ring (bicyclic) bond motifs is 1. The van der Waals surface area contributed by atoms with E-state index in [0.29, 0.717) is 26.1 Å². The summed E-state index contributed by atoms with van der Waals surface area (Å²) >= 11 is 1.66. The molecule has 3 heterocycles. The van der Waals surface area contributed by atoms with Gasteiger partial charge in [0.25, 0.3) is 0 Å². The topological polar surface area (TPSA) is 81.2 Å². The van der Waals surface area contributed by atoms with Crippen LogP contribution in [0.15, 0.2) is 55.6 Å². The maximum atomic E-state index is 14.6. The number of benzene rings is 1. The largest absolute Gasteiger partial charge is 0.394 e. The first-order valence-corrected chi connectivity index (χ1v) is 14.3. The van der Waals surface area contributed by atoms with Gasteiger partial charge in [-0.25, -0.2) is 0 Å². The highest BCUT2D eigenvalue weighted by molar-refractivity contribution is 8.02. The molecule has 38 heavy (non-hydrogen) atoms. The number of hydrogen-bond donors (Lipinski definition) is 1. The molecule has 2 bridgehead atoms. The summed E-state index contributed by atoms with van der Waals surface area (Å²) < 4.78 is -1.16. The Balaban J connectivity index is 1.81. The van der Waals surface area contributed by atoms with Gasteiger partial charge in [-0.2, -0.15) is 0 Å². The Morgan fingerprint density at radius 3 is 2.39 bits per heavy atom.